The zero-order valence-corrected chi connectivity index (χ0v) is 10.0. The standard InChI is InChI=1S/C11H17NO2S/c1-8-12-10(6-15-8)5-11(13,7-14-2)9-3-4-9/h6,9,13H,3-5,7H2,1-2H3. The van der Waals surface area contributed by atoms with Crippen LogP contribution in [-0.4, -0.2) is 29.4 Å². The summed E-state index contributed by atoms with van der Waals surface area (Å²) >= 11 is 1.63. The predicted octanol–water partition coefficient (Wildman–Crippen LogP) is 1.78. The zero-order valence-electron chi connectivity index (χ0n) is 9.19. The van der Waals surface area contributed by atoms with E-state index in [0.29, 0.717) is 18.9 Å². The number of rotatable bonds is 5. The molecule has 0 aliphatic heterocycles. The van der Waals surface area contributed by atoms with Gasteiger partial charge in [0.1, 0.15) is 0 Å². The average Bonchev–Trinajstić information content (AvgIpc) is 2.93. The molecule has 2 rings (SSSR count). The van der Waals surface area contributed by atoms with Gasteiger partial charge in [-0.15, -0.1) is 11.3 Å². The second kappa shape index (κ2) is 4.20. The van der Waals surface area contributed by atoms with Crippen LogP contribution < -0.4 is 0 Å². The van der Waals surface area contributed by atoms with E-state index < -0.39 is 5.60 Å². The topological polar surface area (TPSA) is 42.4 Å². The molecule has 84 valence electrons. The highest BCUT2D eigenvalue weighted by Crippen LogP contribution is 2.41. The van der Waals surface area contributed by atoms with Gasteiger partial charge in [-0.05, 0) is 25.7 Å². The Balaban J connectivity index is 2.06. The molecule has 1 atom stereocenters. The fraction of sp³-hybridized carbons (Fsp3) is 0.727. The van der Waals surface area contributed by atoms with E-state index in [-0.39, 0.29) is 0 Å². The van der Waals surface area contributed by atoms with E-state index in [1.54, 1.807) is 18.4 Å². The molecule has 1 aromatic heterocycles. The van der Waals surface area contributed by atoms with Crippen LogP contribution in [0.1, 0.15) is 23.5 Å². The molecular formula is C11H17NO2S. The predicted molar refractivity (Wildman–Crippen MR) is 60.1 cm³/mol. The van der Waals surface area contributed by atoms with Crippen LogP contribution in [0.3, 0.4) is 0 Å². The van der Waals surface area contributed by atoms with E-state index in [1.807, 2.05) is 12.3 Å². The Labute approximate surface area is 94.1 Å². The Morgan fingerprint density at radius 3 is 2.87 bits per heavy atom. The molecule has 1 aliphatic carbocycles. The number of thiazole rings is 1. The van der Waals surface area contributed by atoms with Gasteiger partial charge in [-0.1, -0.05) is 0 Å². The largest absolute Gasteiger partial charge is 0.387 e. The summed E-state index contributed by atoms with van der Waals surface area (Å²) in [5.41, 5.74) is 0.291. The summed E-state index contributed by atoms with van der Waals surface area (Å²) in [4.78, 5) is 4.39. The Bertz CT molecular complexity index is 335. The van der Waals surface area contributed by atoms with Crippen molar-refractivity contribution in [1.29, 1.82) is 0 Å². The summed E-state index contributed by atoms with van der Waals surface area (Å²) in [6, 6.07) is 0. The molecule has 0 radical (unpaired) electrons. The molecule has 0 spiro atoms. The van der Waals surface area contributed by atoms with Crippen LogP contribution in [-0.2, 0) is 11.2 Å². The van der Waals surface area contributed by atoms with Gasteiger partial charge in [0.15, 0.2) is 0 Å². The zero-order chi connectivity index (χ0) is 10.9. The first-order valence-corrected chi connectivity index (χ1v) is 6.14. The van der Waals surface area contributed by atoms with Crippen LogP contribution in [0.2, 0.25) is 0 Å². The number of aryl methyl sites for hydroxylation is 1. The lowest BCUT2D eigenvalue weighted by atomic mass is 9.93. The molecule has 15 heavy (non-hydrogen) atoms. The lowest BCUT2D eigenvalue weighted by molar-refractivity contribution is -0.0479. The van der Waals surface area contributed by atoms with Crippen molar-refractivity contribution in [3.8, 4) is 0 Å². The molecule has 0 aromatic carbocycles. The number of nitrogens with zero attached hydrogens (tertiary/aromatic N) is 1. The molecule has 1 unspecified atom stereocenters. The maximum Gasteiger partial charge on any atom is 0.0963 e. The minimum atomic E-state index is -0.699. The van der Waals surface area contributed by atoms with Crippen molar-refractivity contribution in [1.82, 2.24) is 4.98 Å². The first-order valence-electron chi connectivity index (χ1n) is 5.26. The van der Waals surface area contributed by atoms with Crippen LogP contribution in [0.15, 0.2) is 5.38 Å². The molecule has 0 bridgehead atoms. The quantitative estimate of drug-likeness (QED) is 0.833. The van der Waals surface area contributed by atoms with Crippen LogP contribution in [0.5, 0.6) is 0 Å². The van der Waals surface area contributed by atoms with Crippen molar-refractivity contribution < 1.29 is 9.84 Å². The van der Waals surface area contributed by atoms with Crippen molar-refractivity contribution in [2.75, 3.05) is 13.7 Å². The minimum Gasteiger partial charge on any atom is -0.387 e. The van der Waals surface area contributed by atoms with E-state index >= 15 is 0 Å². The van der Waals surface area contributed by atoms with Crippen LogP contribution in [0, 0.1) is 12.8 Å². The molecule has 3 nitrogen and oxygen atoms in total. The van der Waals surface area contributed by atoms with E-state index in [0.717, 1.165) is 23.5 Å². The summed E-state index contributed by atoms with van der Waals surface area (Å²) in [5.74, 6) is 0.402. The van der Waals surface area contributed by atoms with Gasteiger partial charge in [0.25, 0.3) is 0 Å². The first-order chi connectivity index (χ1) is 7.14. The lowest BCUT2D eigenvalue weighted by Gasteiger charge is -2.26. The van der Waals surface area contributed by atoms with Gasteiger partial charge >= 0.3 is 0 Å². The first kappa shape index (κ1) is 11.0. The van der Waals surface area contributed by atoms with Crippen molar-refractivity contribution >= 4 is 11.3 Å². The molecule has 1 aromatic rings. The van der Waals surface area contributed by atoms with E-state index in [2.05, 4.69) is 4.98 Å². The van der Waals surface area contributed by atoms with Gasteiger partial charge in [0.05, 0.1) is 22.9 Å². The number of hydrogen-bond donors (Lipinski definition) is 1. The lowest BCUT2D eigenvalue weighted by Crippen LogP contribution is -2.39. The molecule has 0 saturated heterocycles. The fourth-order valence-electron chi connectivity index (χ4n) is 1.99. The Hall–Kier alpha value is -0.450. The number of aliphatic hydroxyl groups is 1. The highest BCUT2D eigenvalue weighted by atomic mass is 32.1. The van der Waals surface area contributed by atoms with Crippen molar-refractivity contribution in [2.24, 2.45) is 5.92 Å². The maximum atomic E-state index is 10.5. The van der Waals surface area contributed by atoms with Gasteiger partial charge in [-0.3, -0.25) is 0 Å². The third kappa shape index (κ3) is 2.56. The number of hydrogen-bond acceptors (Lipinski definition) is 4. The van der Waals surface area contributed by atoms with Crippen LogP contribution in [0.25, 0.3) is 0 Å². The third-order valence-corrected chi connectivity index (χ3v) is 3.71. The normalized spacial score (nSPS) is 20.2. The summed E-state index contributed by atoms with van der Waals surface area (Å²) < 4.78 is 5.11. The van der Waals surface area contributed by atoms with Crippen LogP contribution >= 0.6 is 11.3 Å². The van der Waals surface area contributed by atoms with Gasteiger partial charge in [0.2, 0.25) is 0 Å². The van der Waals surface area contributed by atoms with Gasteiger partial charge in [-0.2, -0.15) is 0 Å². The number of aromatic nitrogens is 1. The van der Waals surface area contributed by atoms with Gasteiger partial charge < -0.3 is 9.84 Å². The fourth-order valence-corrected chi connectivity index (χ4v) is 2.60. The molecule has 1 saturated carbocycles. The molecule has 1 fully saturated rings. The average molecular weight is 227 g/mol. The maximum absolute atomic E-state index is 10.5. The highest BCUT2D eigenvalue weighted by Gasteiger charge is 2.44. The van der Waals surface area contributed by atoms with Crippen molar-refractivity contribution in [3.05, 3.63) is 16.1 Å². The molecule has 1 heterocycles. The summed E-state index contributed by atoms with van der Waals surface area (Å²) in [6.07, 6.45) is 2.85. The summed E-state index contributed by atoms with van der Waals surface area (Å²) in [5, 5.41) is 13.5. The molecule has 1 aliphatic rings. The monoisotopic (exact) mass is 227 g/mol. The summed E-state index contributed by atoms with van der Waals surface area (Å²) in [6.45, 7) is 2.40. The van der Waals surface area contributed by atoms with Crippen molar-refractivity contribution in [3.63, 3.8) is 0 Å². The van der Waals surface area contributed by atoms with E-state index in [9.17, 15) is 5.11 Å². The molecule has 0 amide bonds. The smallest absolute Gasteiger partial charge is 0.0963 e. The van der Waals surface area contributed by atoms with Gasteiger partial charge in [-0.25, -0.2) is 4.98 Å². The summed E-state index contributed by atoms with van der Waals surface area (Å²) in [7, 11) is 1.64. The Morgan fingerprint density at radius 1 is 1.67 bits per heavy atom. The molecule has 1 N–H and O–H groups in total. The molecular weight excluding hydrogens is 210 g/mol. The third-order valence-electron chi connectivity index (χ3n) is 2.89. The van der Waals surface area contributed by atoms with Crippen molar-refractivity contribution in [2.45, 2.75) is 31.8 Å². The highest BCUT2D eigenvalue weighted by molar-refractivity contribution is 7.09. The Kier molecular flexibility index (Phi) is 3.09. The molecule has 4 heteroatoms. The SMILES string of the molecule is COCC(O)(Cc1csc(C)n1)C1CC1. The van der Waals surface area contributed by atoms with Crippen LogP contribution in [0.4, 0.5) is 0 Å². The number of methoxy groups -OCH3 is 1. The van der Waals surface area contributed by atoms with Gasteiger partial charge in [0, 0.05) is 18.9 Å². The van der Waals surface area contributed by atoms with E-state index in [1.165, 1.54) is 0 Å². The number of ether oxygens (including phenoxy) is 1. The van der Waals surface area contributed by atoms with E-state index in [4.69, 9.17) is 4.74 Å². The second-order valence-electron chi connectivity index (χ2n) is 4.35. The second-order valence-corrected chi connectivity index (χ2v) is 5.41. The minimum absolute atomic E-state index is 0.402. The Morgan fingerprint density at radius 2 is 2.40 bits per heavy atom.